The number of aromatic nitrogens is 1. The van der Waals surface area contributed by atoms with Gasteiger partial charge in [-0.3, -0.25) is 9.59 Å². The third-order valence-corrected chi connectivity index (χ3v) is 5.47. The van der Waals surface area contributed by atoms with E-state index in [9.17, 15) is 14.7 Å². The lowest BCUT2D eigenvalue weighted by Gasteiger charge is -2.18. The van der Waals surface area contributed by atoms with Crippen molar-refractivity contribution in [2.75, 3.05) is 20.2 Å². The van der Waals surface area contributed by atoms with E-state index in [0.29, 0.717) is 17.9 Å². The molecule has 1 aliphatic rings. The van der Waals surface area contributed by atoms with Crippen molar-refractivity contribution in [1.82, 2.24) is 9.47 Å². The third-order valence-electron chi connectivity index (χ3n) is 5.47. The van der Waals surface area contributed by atoms with Crippen LogP contribution in [0.15, 0.2) is 30.3 Å². The van der Waals surface area contributed by atoms with Crippen LogP contribution in [0.25, 0.3) is 0 Å². The number of hydrogen-bond acceptors (Lipinski definition) is 3. The van der Waals surface area contributed by atoms with Crippen molar-refractivity contribution in [2.45, 2.75) is 19.8 Å². The number of benzene rings is 1. The van der Waals surface area contributed by atoms with Crippen LogP contribution in [0, 0.1) is 19.8 Å². The monoisotopic (exact) mass is 356 g/mol. The van der Waals surface area contributed by atoms with Gasteiger partial charge in [0.15, 0.2) is 0 Å². The minimum absolute atomic E-state index is 0.116. The largest absolute Gasteiger partial charge is 0.496 e. The topological polar surface area (TPSA) is 71.8 Å². The van der Waals surface area contributed by atoms with Gasteiger partial charge in [-0.2, -0.15) is 0 Å². The van der Waals surface area contributed by atoms with E-state index in [2.05, 4.69) is 0 Å². The molecule has 2 heterocycles. The maximum absolute atomic E-state index is 13.0. The Morgan fingerprint density at radius 3 is 2.46 bits per heavy atom. The van der Waals surface area contributed by atoms with E-state index >= 15 is 0 Å². The van der Waals surface area contributed by atoms with Crippen LogP contribution in [0.2, 0.25) is 0 Å². The summed E-state index contributed by atoms with van der Waals surface area (Å²) in [5.41, 5.74) is 3.36. The maximum Gasteiger partial charge on any atom is 0.308 e. The standard InChI is InChI=1S/C20H24N2O4/c1-12-9-15(13(2)21(12)3)19(23)22-10-16(17(11-22)20(24)25)14-7-5-6-8-18(14)26-4/h5-9,16-17H,10-11H2,1-4H3,(H,24,25)/t16-,17+/m0/s1. The van der Waals surface area contributed by atoms with E-state index in [1.54, 1.807) is 12.0 Å². The van der Waals surface area contributed by atoms with Crippen LogP contribution in [-0.2, 0) is 11.8 Å². The predicted molar refractivity (Wildman–Crippen MR) is 97.7 cm³/mol. The molecule has 1 N–H and O–H groups in total. The van der Waals surface area contributed by atoms with Crippen molar-refractivity contribution in [1.29, 1.82) is 0 Å². The predicted octanol–water partition coefficient (Wildman–Crippen LogP) is 2.59. The van der Waals surface area contributed by atoms with Crippen molar-refractivity contribution in [3.63, 3.8) is 0 Å². The Balaban J connectivity index is 1.93. The van der Waals surface area contributed by atoms with E-state index < -0.39 is 11.9 Å². The van der Waals surface area contributed by atoms with Gasteiger partial charge < -0.3 is 19.3 Å². The van der Waals surface area contributed by atoms with Crippen molar-refractivity contribution < 1.29 is 19.4 Å². The number of nitrogens with zero attached hydrogens (tertiary/aromatic N) is 2. The van der Waals surface area contributed by atoms with Crippen LogP contribution in [0.3, 0.4) is 0 Å². The molecule has 6 nitrogen and oxygen atoms in total. The Kier molecular flexibility index (Phi) is 4.76. The van der Waals surface area contributed by atoms with Gasteiger partial charge in [-0.15, -0.1) is 0 Å². The number of rotatable bonds is 4. The molecule has 0 aliphatic carbocycles. The summed E-state index contributed by atoms with van der Waals surface area (Å²) in [7, 11) is 3.49. The highest BCUT2D eigenvalue weighted by Crippen LogP contribution is 2.38. The second-order valence-corrected chi connectivity index (χ2v) is 6.85. The summed E-state index contributed by atoms with van der Waals surface area (Å²) in [5, 5.41) is 9.70. The highest BCUT2D eigenvalue weighted by molar-refractivity contribution is 5.96. The van der Waals surface area contributed by atoms with Gasteiger partial charge in [0.25, 0.3) is 5.91 Å². The van der Waals surface area contributed by atoms with E-state index in [4.69, 9.17) is 4.74 Å². The number of hydrogen-bond donors (Lipinski definition) is 1. The highest BCUT2D eigenvalue weighted by Gasteiger charge is 2.42. The molecule has 0 spiro atoms. The van der Waals surface area contributed by atoms with Crippen LogP contribution in [0.4, 0.5) is 0 Å². The summed E-state index contributed by atoms with van der Waals surface area (Å²) in [5.74, 6) is -1.30. The SMILES string of the molecule is COc1ccccc1[C@@H]1CN(C(=O)c2cc(C)n(C)c2C)C[C@H]1C(=O)O. The maximum atomic E-state index is 13.0. The molecule has 1 amide bonds. The number of ether oxygens (including phenoxy) is 1. The molecule has 2 atom stereocenters. The number of amides is 1. The van der Waals surface area contributed by atoms with Gasteiger partial charge >= 0.3 is 5.97 Å². The smallest absolute Gasteiger partial charge is 0.308 e. The van der Waals surface area contributed by atoms with E-state index in [1.807, 2.05) is 55.8 Å². The molecule has 1 fully saturated rings. The molecular formula is C20H24N2O4. The number of likely N-dealkylation sites (tertiary alicyclic amines) is 1. The number of methoxy groups -OCH3 is 1. The first kappa shape index (κ1) is 18.0. The van der Waals surface area contributed by atoms with Crippen molar-refractivity contribution in [2.24, 2.45) is 13.0 Å². The molecule has 1 aromatic heterocycles. The fraction of sp³-hybridized carbons (Fsp3) is 0.400. The van der Waals surface area contributed by atoms with Crippen LogP contribution >= 0.6 is 0 Å². The lowest BCUT2D eigenvalue weighted by Crippen LogP contribution is -2.30. The van der Waals surface area contributed by atoms with Gasteiger partial charge in [0, 0.05) is 37.4 Å². The molecule has 138 valence electrons. The lowest BCUT2D eigenvalue weighted by atomic mass is 9.88. The third kappa shape index (κ3) is 2.96. The van der Waals surface area contributed by atoms with Gasteiger partial charge in [-0.25, -0.2) is 0 Å². The van der Waals surface area contributed by atoms with Crippen molar-refractivity contribution in [3.8, 4) is 5.75 Å². The zero-order valence-corrected chi connectivity index (χ0v) is 15.5. The number of aryl methyl sites for hydroxylation is 1. The molecule has 0 radical (unpaired) electrons. The first-order chi connectivity index (χ1) is 12.3. The Hall–Kier alpha value is -2.76. The minimum Gasteiger partial charge on any atom is -0.496 e. The van der Waals surface area contributed by atoms with Crippen LogP contribution in [0.1, 0.15) is 33.2 Å². The first-order valence-electron chi connectivity index (χ1n) is 8.63. The number of aliphatic carboxylic acids is 1. The molecular weight excluding hydrogens is 332 g/mol. The van der Waals surface area contributed by atoms with Crippen LogP contribution in [-0.4, -0.2) is 46.6 Å². The fourth-order valence-electron chi connectivity index (χ4n) is 3.75. The average Bonchev–Trinajstić information content (AvgIpc) is 3.19. The molecule has 1 aliphatic heterocycles. The fourth-order valence-corrected chi connectivity index (χ4v) is 3.75. The summed E-state index contributed by atoms with van der Waals surface area (Å²) in [6.07, 6.45) is 0. The number of carboxylic acids is 1. The van der Waals surface area contributed by atoms with Gasteiger partial charge in [0.05, 0.1) is 18.6 Å². The summed E-state index contributed by atoms with van der Waals surface area (Å²) < 4.78 is 7.37. The van der Waals surface area contributed by atoms with Crippen LogP contribution < -0.4 is 4.74 Å². The molecule has 6 heteroatoms. The second-order valence-electron chi connectivity index (χ2n) is 6.85. The second kappa shape index (κ2) is 6.86. The van der Waals surface area contributed by atoms with Gasteiger partial charge in [-0.1, -0.05) is 18.2 Å². The average molecular weight is 356 g/mol. The Morgan fingerprint density at radius 1 is 1.19 bits per heavy atom. The normalized spacial score (nSPS) is 19.6. The Bertz CT molecular complexity index is 855. The summed E-state index contributed by atoms with van der Waals surface area (Å²) in [4.78, 5) is 26.5. The Labute approximate surface area is 153 Å². The summed E-state index contributed by atoms with van der Waals surface area (Å²) >= 11 is 0. The van der Waals surface area contributed by atoms with Gasteiger partial charge in [-0.05, 0) is 31.5 Å². The number of carbonyl (C=O) groups is 2. The van der Waals surface area contributed by atoms with E-state index in [0.717, 1.165) is 17.0 Å². The summed E-state index contributed by atoms with van der Waals surface area (Å²) in [6.45, 7) is 4.42. The first-order valence-corrected chi connectivity index (χ1v) is 8.63. The Morgan fingerprint density at radius 2 is 1.88 bits per heavy atom. The zero-order valence-electron chi connectivity index (χ0n) is 15.5. The molecule has 0 bridgehead atoms. The zero-order chi connectivity index (χ0) is 19.0. The van der Waals surface area contributed by atoms with Gasteiger partial charge in [0.1, 0.15) is 5.75 Å². The van der Waals surface area contributed by atoms with E-state index in [1.165, 1.54) is 0 Å². The minimum atomic E-state index is -0.892. The van der Waals surface area contributed by atoms with E-state index in [-0.39, 0.29) is 18.4 Å². The number of carbonyl (C=O) groups excluding carboxylic acids is 1. The molecule has 0 saturated carbocycles. The molecule has 3 rings (SSSR count). The molecule has 26 heavy (non-hydrogen) atoms. The molecule has 1 aromatic carbocycles. The number of carboxylic acid groups (broad SMARTS) is 1. The van der Waals surface area contributed by atoms with Crippen molar-refractivity contribution in [3.05, 3.63) is 52.8 Å². The van der Waals surface area contributed by atoms with Crippen molar-refractivity contribution >= 4 is 11.9 Å². The lowest BCUT2D eigenvalue weighted by molar-refractivity contribution is -0.141. The molecule has 1 saturated heterocycles. The molecule has 2 aromatic rings. The van der Waals surface area contributed by atoms with Crippen LogP contribution in [0.5, 0.6) is 5.75 Å². The highest BCUT2D eigenvalue weighted by atomic mass is 16.5. The number of para-hydroxylation sites is 1. The molecule has 0 unspecified atom stereocenters. The summed E-state index contributed by atoms with van der Waals surface area (Å²) in [6, 6.07) is 9.29. The quantitative estimate of drug-likeness (QED) is 0.914. The van der Waals surface area contributed by atoms with Gasteiger partial charge in [0.2, 0.25) is 0 Å².